The summed E-state index contributed by atoms with van der Waals surface area (Å²) in [6, 6.07) is 11.2. The van der Waals surface area contributed by atoms with Gasteiger partial charge in [0, 0.05) is 15.8 Å². The molecule has 0 aliphatic rings. The van der Waals surface area contributed by atoms with E-state index in [0.717, 1.165) is 9.13 Å². The van der Waals surface area contributed by atoms with Crippen LogP contribution in [-0.4, -0.2) is 18.3 Å². The SMILES string of the molecule is FCCOc1ccc(COc2ccc(I)cn2)cc1. The fraction of sp³-hybridized carbons (Fsp3) is 0.214. The Kier molecular flexibility index (Phi) is 5.38. The molecule has 1 aromatic heterocycles. The predicted molar refractivity (Wildman–Crippen MR) is 79.2 cm³/mol. The first-order valence-corrected chi connectivity index (χ1v) is 6.88. The van der Waals surface area contributed by atoms with Gasteiger partial charge in [-0.25, -0.2) is 9.37 Å². The lowest BCUT2D eigenvalue weighted by Crippen LogP contribution is -2.00. The number of aromatic nitrogens is 1. The van der Waals surface area contributed by atoms with E-state index >= 15 is 0 Å². The lowest BCUT2D eigenvalue weighted by atomic mass is 10.2. The Hall–Kier alpha value is -1.37. The lowest BCUT2D eigenvalue weighted by molar-refractivity contribution is 0.272. The monoisotopic (exact) mass is 373 g/mol. The second-order valence-electron chi connectivity index (χ2n) is 3.78. The summed E-state index contributed by atoms with van der Waals surface area (Å²) in [6.45, 7) is 0.0444. The minimum Gasteiger partial charge on any atom is -0.491 e. The molecule has 0 aliphatic carbocycles. The summed E-state index contributed by atoms with van der Waals surface area (Å²) >= 11 is 2.19. The third kappa shape index (κ3) is 4.66. The van der Waals surface area contributed by atoms with E-state index in [9.17, 15) is 4.39 Å². The van der Waals surface area contributed by atoms with Crippen LogP contribution < -0.4 is 9.47 Å². The van der Waals surface area contributed by atoms with Gasteiger partial charge in [0.05, 0.1) is 0 Å². The first-order valence-electron chi connectivity index (χ1n) is 5.80. The lowest BCUT2D eigenvalue weighted by Gasteiger charge is -2.07. The molecule has 0 N–H and O–H groups in total. The molecule has 0 atom stereocenters. The van der Waals surface area contributed by atoms with Gasteiger partial charge in [-0.1, -0.05) is 12.1 Å². The fourth-order valence-electron chi connectivity index (χ4n) is 1.44. The zero-order valence-electron chi connectivity index (χ0n) is 10.2. The van der Waals surface area contributed by atoms with Crippen molar-refractivity contribution in [3.05, 3.63) is 51.7 Å². The maximum absolute atomic E-state index is 11.9. The van der Waals surface area contributed by atoms with Crippen LogP contribution in [0.2, 0.25) is 0 Å². The van der Waals surface area contributed by atoms with Crippen molar-refractivity contribution in [2.45, 2.75) is 6.61 Å². The van der Waals surface area contributed by atoms with Crippen molar-refractivity contribution in [2.24, 2.45) is 0 Å². The maximum atomic E-state index is 11.9. The van der Waals surface area contributed by atoms with Gasteiger partial charge in [-0.05, 0) is 46.4 Å². The van der Waals surface area contributed by atoms with Gasteiger partial charge in [-0.2, -0.15) is 0 Å². The topological polar surface area (TPSA) is 31.4 Å². The molecule has 2 rings (SSSR count). The van der Waals surface area contributed by atoms with Crippen LogP contribution >= 0.6 is 22.6 Å². The molecule has 19 heavy (non-hydrogen) atoms. The number of hydrogen-bond donors (Lipinski definition) is 0. The van der Waals surface area contributed by atoms with Gasteiger partial charge in [0.25, 0.3) is 0 Å². The van der Waals surface area contributed by atoms with E-state index in [2.05, 4.69) is 27.6 Å². The van der Waals surface area contributed by atoms with Crippen LogP contribution in [0.25, 0.3) is 0 Å². The number of halogens is 2. The molecule has 0 amide bonds. The number of nitrogens with zero attached hydrogens (tertiary/aromatic N) is 1. The van der Waals surface area contributed by atoms with Gasteiger partial charge < -0.3 is 9.47 Å². The molecule has 0 spiro atoms. The summed E-state index contributed by atoms with van der Waals surface area (Å²) in [4.78, 5) is 4.16. The van der Waals surface area contributed by atoms with Crippen LogP contribution in [0.3, 0.4) is 0 Å². The van der Waals surface area contributed by atoms with Crippen molar-refractivity contribution in [1.82, 2.24) is 4.98 Å². The first-order chi connectivity index (χ1) is 9.28. The third-order valence-electron chi connectivity index (χ3n) is 2.36. The molecule has 1 heterocycles. The molecule has 0 bridgehead atoms. The molecular formula is C14H13FINO2. The molecule has 0 saturated carbocycles. The Morgan fingerprint density at radius 1 is 1.05 bits per heavy atom. The normalized spacial score (nSPS) is 10.2. The second kappa shape index (κ2) is 7.28. The Balaban J connectivity index is 1.87. The third-order valence-corrected chi connectivity index (χ3v) is 2.99. The Bertz CT molecular complexity index is 502. The highest BCUT2D eigenvalue weighted by atomic mass is 127. The number of alkyl halides is 1. The molecule has 5 heteroatoms. The number of hydrogen-bond acceptors (Lipinski definition) is 3. The van der Waals surface area contributed by atoms with Gasteiger partial charge in [-0.15, -0.1) is 0 Å². The molecule has 0 aliphatic heterocycles. The number of rotatable bonds is 6. The van der Waals surface area contributed by atoms with Crippen molar-refractivity contribution >= 4 is 22.6 Å². The summed E-state index contributed by atoms with van der Waals surface area (Å²) < 4.78 is 23.7. The van der Waals surface area contributed by atoms with Crippen LogP contribution in [0.4, 0.5) is 4.39 Å². The summed E-state index contributed by atoms with van der Waals surface area (Å²) in [7, 11) is 0. The van der Waals surface area contributed by atoms with Crippen LogP contribution in [0.15, 0.2) is 42.6 Å². The molecule has 100 valence electrons. The average Bonchev–Trinajstić information content (AvgIpc) is 2.46. The Labute approximate surface area is 124 Å². The van der Waals surface area contributed by atoms with Crippen LogP contribution in [0.5, 0.6) is 11.6 Å². The molecule has 0 fully saturated rings. The average molecular weight is 373 g/mol. The van der Waals surface area contributed by atoms with E-state index in [-0.39, 0.29) is 6.61 Å². The van der Waals surface area contributed by atoms with E-state index in [4.69, 9.17) is 9.47 Å². The van der Waals surface area contributed by atoms with E-state index in [1.807, 2.05) is 24.3 Å². The van der Waals surface area contributed by atoms with Crippen LogP contribution in [0, 0.1) is 3.57 Å². The maximum Gasteiger partial charge on any atom is 0.213 e. The standard InChI is InChI=1S/C14H13FINO2/c15-7-8-18-13-4-1-11(2-5-13)10-19-14-6-3-12(16)9-17-14/h1-6,9H,7-8,10H2. The second-order valence-corrected chi connectivity index (χ2v) is 5.03. The van der Waals surface area contributed by atoms with Crippen molar-refractivity contribution in [3.8, 4) is 11.6 Å². The Morgan fingerprint density at radius 3 is 2.47 bits per heavy atom. The number of ether oxygens (including phenoxy) is 2. The molecule has 1 aromatic carbocycles. The van der Waals surface area contributed by atoms with Gasteiger partial charge >= 0.3 is 0 Å². The largest absolute Gasteiger partial charge is 0.491 e. The summed E-state index contributed by atoms with van der Waals surface area (Å²) in [6.07, 6.45) is 1.75. The van der Waals surface area contributed by atoms with E-state index in [0.29, 0.717) is 18.2 Å². The van der Waals surface area contributed by atoms with Crippen molar-refractivity contribution < 1.29 is 13.9 Å². The van der Waals surface area contributed by atoms with Crippen molar-refractivity contribution in [1.29, 1.82) is 0 Å². The molecule has 3 nitrogen and oxygen atoms in total. The zero-order chi connectivity index (χ0) is 13.5. The minimum atomic E-state index is -0.483. The fourth-order valence-corrected chi connectivity index (χ4v) is 1.76. The highest BCUT2D eigenvalue weighted by molar-refractivity contribution is 14.1. The smallest absolute Gasteiger partial charge is 0.213 e. The van der Waals surface area contributed by atoms with Crippen molar-refractivity contribution in [2.75, 3.05) is 13.3 Å². The molecule has 0 radical (unpaired) electrons. The highest BCUT2D eigenvalue weighted by Crippen LogP contribution is 2.15. The summed E-state index contributed by atoms with van der Waals surface area (Å²) in [5.74, 6) is 1.26. The quantitative estimate of drug-likeness (QED) is 0.725. The zero-order valence-corrected chi connectivity index (χ0v) is 12.3. The van der Waals surface area contributed by atoms with E-state index < -0.39 is 6.67 Å². The van der Waals surface area contributed by atoms with E-state index in [1.54, 1.807) is 18.3 Å². The van der Waals surface area contributed by atoms with Gasteiger partial charge in [0.15, 0.2) is 0 Å². The first kappa shape index (κ1) is 14.0. The molecule has 2 aromatic rings. The predicted octanol–water partition coefficient (Wildman–Crippen LogP) is 3.61. The van der Waals surface area contributed by atoms with Crippen LogP contribution in [0.1, 0.15) is 5.56 Å². The molecule has 0 unspecified atom stereocenters. The van der Waals surface area contributed by atoms with Gasteiger partial charge in [-0.3, -0.25) is 0 Å². The van der Waals surface area contributed by atoms with Crippen molar-refractivity contribution in [3.63, 3.8) is 0 Å². The number of pyridine rings is 1. The Morgan fingerprint density at radius 2 is 1.84 bits per heavy atom. The van der Waals surface area contributed by atoms with E-state index in [1.165, 1.54) is 0 Å². The van der Waals surface area contributed by atoms with Crippen LogP contribution in [-0.2, 0) is 6.61 Å². The molecule has 0 saturated heterocycles. The summed E-state index contributed by atoms with van der Waals surface area (Å²) in [5, 5.41) is 0. The van der Waals surface area contributed by atoms with Gasteiger partial charge in [0.2, 0.25) is 5.88 Å². The number of benzene rings is 1. The highest BCUT2D eigenvalue weighted by Gasteiger charge is 1.99. The summed E-state index contributed by atoms with van der Waals surface area (Å²) in [5.41, 5.74) is 1.01. The molecular weight excluding hydrogens is 360 g/mol. The minimum absolute atomic E-state index is 0.0857. The van der Waals surface area contributed by atoms with Gasteiger partial charge in [0.1, 0.15) is 25.6 Å².